The van der Waals surface area contributed by atoms with Gasteiger partial charge in [-0.1, -0.05) is 54.6 Å². The molecule has 3 rings (SSSR count). The summed E-state index contributed by atoms with van der Waals surface area (Å²) in [4.78, 5) is 12.3. The summed E-state index contributed by atoms with van der Waals surface area (Å²) in [6.07, 6.45) is 1.41. The molecule has 0 aliphatic carbocycles. The molecule has 0 unspecified atom stereocenters. The summed E-state index contributed by atoms with van der Waals surface area (Å²) in [5.41, 5.74) is 9.47. The molecule has 3 N–H and O–H groups in total. The van der Waals surface area contributed by atoms with E-state index in [-0.39, 0.29) is 13.2 Å². The molecule has 0 saturated carbocycles. The Kier molecular flexibility index (Phi) is 6.77. The van der Waals surface area contributed by atoms with Gasteiger partial charge in [-0.15, -0.1) is 0 Å². The van der Waals surface area contributed by atoms with Crippen molar-refractivity contribution in [3.05, 3.63) is 70.7 Å². The number of carbonyl (C=O) groups excluding carboxylic acids is 1. The van der Waals surface area contributed by atoms with Crippen molar-refractivity contribution >= 4 is 25.0 Å². The summed E-state index contributed by atoms with van der Waals surface area (Å²) < 4.78 is 17.7. The maximum absolute atomic E-state index is 12.3. The molecule has 6 nitrogen and oxygen atoms in total. The number of amides is 1. The Balaban J connectivity index is 1.75. The first kappa shape index (κ1) is 22.9. The second-order valence-corrected chi connectivity index (χ2v) is 8.80. The standard InChI is InChI=1S/C24H31BN2O4/c1-17-10-9-13-19(21(17)26)14-20(25-30-23(2,3)24(4,5)31-25)15-27-22(28)29-16-18-11-7-6-8-12-18/h6-14H,15-16,26H2,1-5H3,(H,27,28). The Labute approximate surface area is 184 Å². The number of nitrogens with two attached hydrogens (primary N) is 1. The number of rotatable bonds is 6. The highest BCUT2D eigenvalue weighted by Gasteiger charge is 2.52. The van der Waals surface area contributed by atoms with E-state index in [0.29, 0.717) is 5.69 Å². The van der Waals surface area contributed by atoms with Crippen LogP contribution in [-0.4, -0.2) is 31.0 Å². The number of hydrogen-bond donors (Lipinski definition) is 2. The quantitative estimate of drug-likeness (QED) is 0.529. The number of aryl methyl sites for hydroxylation is 1. The molecule has 2 aromatic carbocycles. The van der Waals surface area contributed by atoms with E-state index in [9.17, 15) is 4.79 Å². The van der Waals surface area contributed by atoms with Crippen molar-refractivity contribution in [3.63, 3.8) is 0 Å². The number of hydrogen-bond acceptors (Lipinski definition) is 5. The largest absolute Gasteiger partial charge is 0.492 e. The van der Waals surface area contributed by atoms with E-state index in [1.165, 1.54) is 0 Å². The van der Waals surface area contributed by atoms with E-state index in [1.807, 2.05) is 89.2 Å². The highest BCUT2D eigenvalue weighted by atomic mass is 16.7. The minimum Gasteiger partial charge on any atom is -0.445 e. The zero-order chi connectivity index (χ0) is 22.6. The molecule has 0 atom stereocenters. The smallest absolute Gasteiger partial charge is 0.445 e. The third-order valence-electron chi connectivity index (χ3n) is 5.90. The summed E-state index contributed by atoms with van der Waals surface area (Å²) in [6.45, 7) is 10.3. The molecule has 1 saturated heterocycles. The summed E-state index contributed by atoms with van der Waals surface area (Å²) >= 11 is 0. The van der Waals surface area contributed by atoms with Crippen LogP contribution in [0.15, 0.2) is 54.0 Å². The van der Waals surface area contributed by atoms with Gasteiger partial charge in [-0.25, -0.2) is 4.79 Å². The van der Waals surface area contributed by atoms with Crippen molar-refractivity contribution in [2.75, 3.05) is 12.3 Å². The first-order chi connectivity index (χ1) is 14.6. The number of para-hydroxylation sites is 1. The van der Waals surface area contributed by atoms with Gasteiger partial charge in [0.25, 0.3) is 0 Å². The summed E-state index contributed by atoms with van der Waals surface area (Å²) in [5.74, 6) is 0. The van der Waals surface area contributed by atoms with Gasteiger partial charge < -0.3 is 25.1 Å². The fourth-order valence-corrected chi connectivity index (χ4v) is 3.17. The first-order valence-corrected chi connectivity index (χ1v) is 10.4. The van der Waals surface area contributed by atoms with Crippen LogP contribution in [0.5, 0.6) is 0 Å². The van der Waals surface area contributed by atoms with Gasteiger partial charge >= 0.3 is 13.2 Å². The highest BCUT2D eigenvalue weighted by Crippen LogP contribution is 2.39. The normalized spacial score (nSPS) is 17.5. The number of anilines is 1. The fourth-order valence-electron chi connectivity index (χ4n) is 3.17. The van der Waals surface area contributed by atoms with Crippen LogP contribution in [-0.2, 0) is 20.7 Å². The van der Waals surface area contributed by atoms with Crippen LogP contribution in [0.3, 0.4) is 0 Å². The van der Waals surface area contributed by atoms with E-state index < -0.39 is 24.4 Å². The Morgan fingerprint density at radius 1 is 1.06 bits per heavy atom. The summed E-state index contributed by atoms with van der Waals surface area (Å²) in [6, 6.07) is 15.4. The number of nitrogens with one attached hydrogen (secondary N) is 1. The van der Waals surface area contributed by atoms with Crippen LogP contribution in [0, 0.1) is 6.92 Å². The predicted octanol–water partition coefficient (Wildman–Crippen LogP) is 4.52. The number of nitrogen functional groups attached to an aromatic ring is 1. The number of benzene rings is 2. The molecule has 0 radical (unpaired) electrons. The monoisotopic (exact) mass is 422 g/mol. The molecule has 31 heavy (non-hydrogen) atoms. The maximum atomic E-state index is 12.3. The van der Waals surface area contributed by atoms with Crippen molar-refractivity contribution in [1.29, 1.82) is 0 Å². The zero-order valence-corrected chi connectivity index (χ0v) is 18.9. The first-order valence-electron chi connectivity index (χ1n) is 10.4. The molecular weight excluding hydrogens is 391 g/mol. The molecule has 1 fully saturated rings. The molecule has 0 spiro atoms. The average Bonchev–Trinajstić information content (AvgIpc) is 2.94. The van der Waals surface area contributed by atoms with Crippen molar-refractivity contribution in [3.8, 4) is 0 Å². The van der Waals surface area contributed by atoms with Crippen LogP contribution in [0.4, 0.5) is 10.5 Å². The highest BCUT2D eigenvalue weighted by molar-refractivity contribution is 6.56. The van der Waals surface area contributed by atoms with Crippen molar-refractivity contribution < 1.29 is 18.8 Å². The molecule has 1 aliphatic rings. The topological polar surface area (TPSA) is 82.8 Å². The van der Waals surface area contributed by atoms with E-state index in [0.717, 1.165) is 22.2 Å². The summed E-state index contributed by atoms with van der Waals surface area (Å²) in [5, 5.41) is 2.81. The van der Waals surface area contributed by atoms with Crippen molar-refractivity contribution in [2.24, 2.45) is 0 Å². The van der Waals surface area contributed by atoms with Gasteiger partial charge in [-0.2, -0.15) is 0 Å². The number of ether oxygens (including phenoxy) is 1. The van der Waals surface area contributed by atoms with Gasteiger partial charge in [-0.05, 0) is 56.8 Å². The molecule has 1 heterocycles. The lowest BCUT2D eigenvalue weighted by Gasteiger charge is -2.32. The van der Waals surface area contributed by atoms with Crippen LogP contribution >= 0.6 is 0 Å². The number of alkyl carbamates (subject to hydrolysis) is 1. The minimum atomic E-state index is -0.612. The molecule has 1 amide bonds. The van der Waals surface area contributed by atoms with E-state index in [2.05, 4.69) is 5.32 Å². The van der Waals surface area contributed by atoms with Crippen molar-refractivity contribution in [1.82, 2.24) is 5.32 Å². The summed E-state index contributed by atoms with van der Waals surface area (Å²) in [7, 11) is -0.612. The molecule has 2 aromatic rings. The van der Waals surface area contributed by atoms with Crippen LogP contribution in [0.25, 0.3) is 6.08 Å². The zero-order valence-electron chi connectivity index (χ0n) is 18.9. The van der Waals surface area contributed by atoms with Gasteiger partial charge in [-0.3, -0.25) is 0 Å². The lowest BCUT2D eigenvalue weighted by Crippen LogP contribution is -2.41. The Bertz CT molecular complexity index is 941. The fraction of sp³-hybridized carbons (Fsp3) is 0.375. The lowest BCUT2D eigenvalue weighted by atomic mass is 9.76. The van der Waals surface area contributed by atoms with Crippen molar-refractivity contribution in [2.45, 2.75) is 52.4 Å². The lowest BCUT2D eigenvalue weighted by molar-refractivity contribution is 0.00578. The average molecular weight is 422 g/mol. The SMILES string of the molecule is Cc1cccc(C=C(CNC(=O)OCc2ccccc2)B2OC(C)(C)C(C)(C)O2)c1N. The predicted molar refractivity (Wildman–Crippen MR) is 124 cm³/mol. The van der Waals surface area contributed by atoms with Crippen LogP contribution in [0.2, 0.25) is 0 Å². The third kappa shape index (κ3) is 5.48. The van der Waals surface area contributed by atoms with Gasteiger partial charge in [0.05, 0.1) is 11.2 Å². The molecule has 0 bridgehead atoms. The minimum absolute atomic E-state index is 0.201. The second kappa shape index (κ2) is 9.16. The van der Waals surface area contributed by atoms with Gasteiger partial charge in [0.1, 0.15) is 6.61 Å². The Morgan fingerprint density at radius 2 is 1.71 bits per heavy atom. The Morgan fingerprint density at radius 3 is 2.35 bits per heavy atom. The molecule has 1 aliphatic heterocycles. The van der Waals surface area contributed by atoms with Gasteiger partial charge in [0.2, 0.25) is 0 Å². The van der Waals surface area contributed by atoms with E-state index in [1.54, 1.807) is 0 Å². The van der Waals surface area contributed by atoms with E-state index >= 15 is 0 Å². The molecular formula is C24H31BN2O4. The van der Waals surface area contributed by atoms with Gasteiger partial charge in [0, 0.05) is 12.2 Å². The second-order valence-electron chi connectivity index (χ2n) is 8.80. The third-order valence-corrected chi connectivity index (χ3v) is 5.90. The van der Waals surface area contributed by atoms with Gasteiger partial charge in [0.15, 0.2) is 0 Å². The molecule has 164 valence electrons. The molecule has 7 heteroatoms. The van der Waals surface area contributed by atoms with Crippen LogP contribution in [0.1, 0.15) is 44.4 Å². The van der Waals surface area contributed by atoms with Crippen LogP contribution < -0.4 is 11.1 Å². The van der Waals surface area contributed by atoms with E-state index in [4.69, 9.17) is 19.8 Å². The Hall–Kier alpha value is -2.77. The molecule has 0 aromatic heterocycles. The maximum Gasteiger partial charge on any atom is 0.492 e. The number of carbonyl (C=O) groups is 1.